The molecule has 0 spiro atoms. The van der Waals surface area contributed by atoms with E-state index in [9.17, 15) is 0 Å². The lowest BCUT2D eigenvalue weighted by Crippen LogP contribution is -2.07. The minimum atomic E-state index is 0.540. The fourth-order valence-electron chi connectivity index (χ4n) is 19.5. The van der Waals surface area contributed by atoms with Crippen LogP contribution in [-0.4, -0.2) is 58.1 Å². The molecule has 28 rings (SSSR count). The molecule has 0 atom stereocenters. The molecule has 128 heavy (non-hydrogen) atoms. The van der Waals surface area contributed by atoms with Crippen molar-refractivity contribution in [1.29, 1.82) is 0 Å². The number of para-hydroxylation sites is 4. The minimum absolute atomic E-state index is 0.540. The molecule has 12 heterocycles. The van der Waals surface area contributed by atoms with Gasteiger partial charge in [0.15, 0.2) is 34.9 Å². The Balaban J connectivity index is 0.000000132. The van der Waals surface area contributed by atoms with Crippen LogP contribution >= 0.6 is 45.3 Å². The maximum Gasteiger partial charge on any atom is 0.167 e. The van der Waals surface area contributed by atoms with Crippen molar-refractivity contribution in [2.45, 2.75) is 0 Å². The number of pyridine rings is 2. The molecular formula is C112H64N12S4. The second kappa shape index (κ2) is 28.7. The molecule has 0 bridgehead atoms. The first-order valence-electron chi connectivity index (χ1n) is 42.6. The summed E-state index contributed by atoms with van der Waals surface area (Å²) in [6.07, 6.45) is 4.07. The molecule has 16 heteroatoms. The summed E-state index contributed by atoms with van der Waals surface area (Å²) in [5.74, 6) is 4.96. The second-order valence-corrected chi connectivity index (χ2v) is 36.7. The molecule has 0 aliphatic rings. The van der Waals surface area contributed by atoms with Crippen molar-refractivity contribution in [2.24, 2.45) is 0 Å². The van der Waals surface area contributed by atoms with Gasteiger partial charge in [-0.15, -0.1) is 45.3 Å². The zero-order chi connectivity index (χ0) is 83.8. The van der Waals surface area contributed by atoms with E-state index in [-0.39, 0.29) is 0 Å². The Labute approximate surface area is 745 Å². The molecule has 12 nitrogen and oxygen atoms in total. The van der Waals surface area contributed by atoms with Crippen LogP contribution in [0.3, 0.4) is 0 Å². The number of benzene rings is 16. The van der Waals surface area contributed by atoms with Gasteiger partial charge in [-0.05, 0) is 84.9 Å². The number of fused-ring (bicyclic) bond motifs is 26. The van der Waals surface area contributed by atoms with E-state index in [1.165, 1.54) is 113 Å². The lowest BCUT2D eigenvalue weighted by molar-refractivity contribution is 1.03. The van der Waals surface area contributed by atoms with Gasteiger partial charge in [-0.2, -0.15) is 0 Å². The summed E-state index contributed by atoms with van der Waals surface area (Å²) in [6.45, 7) is 0. The molecular weight excluding hydrogens is 1640 g/mol. The van der Waals surface area contributed by atoms with Crippen molar-refractivity contribution in [3.8, 4) is 91.3 Å². The van der Waals surface area contributed by atoms with E-state index in [2.05, 4.69) is 322 Å². The molecule has 0 amide bonds. The van der Waals surface area contributed by atoms with Gasteiger partial charge < -0.3 is 9.13 Å². The minimum Gasteiger partial charge on any atom is -0.308 e. The van der Waals surface area contributed by atoms with Crippen LogP contribution in [0.1, 0.15) is 0 Å². The van der Waals surface area contributed by atoms with Gasteiger partial charge in [0.05, 0.1) is 88.4 Å². The van der Waals surface area contributed by atoms with Gasteiger partial charge in [-0.25, -0.2) is 39.9 Å². The molecule has 0 radical (unpaired) electrons. The summed E-state index contributed by atoms with van der Waals surface area (Å²) in [5.41, 5.74) is 15.9. The van der Waals surface area contributed by atoms with E-state index >= 15 is 0 Å². The Kier molecular flexibility index (Phi) is 16.3. The molecule has 0 saturated heterocycles. The second-order valence-electron chi connectivity index (χ2n) is 32.4. The highest BCUT2D eigenvalue weighted by Gasteiger charge is 2.29. The van der Waals surface area contributed by atoms with E-state index in [1.54, 1.807) is 0 Å². The Morgan fingerprint density at radius 3 is 0.883 bits per heavy atom. The molecule has 0 aliphatic heterocycles. The zero-order valence-corrected chi connectivity index (χ0v) is 71.2. The van der Waals surface area contributed by atoms with Crippen LogP contribution in [0.25, 0.3) is 259 Å². The summed E-state index contributed by atoms with van der Waals surface area (Å²) in [7, 11) is 0. The van der Waals surface area contributed by atoms with Gasteiger partial charge in [-0.3, -0.25) is 9.13 Å². The van der Waals surface area contributed by atoms with Crippen LogP contribution in [0, 0.1) is 0 Å². The predicted molar refractivity (Wildman–Crippen MR) is 537 cm³/mol. The molecule has 12 aromatic heterocycles. The van der Waals surface area contributed by atoms with Crippen molar-refractivity contribution in [1.82, 2.24) is 58.1 Å². The number of thiophene rings is 4. The summed E-state index contributed by atoms with van der Waals surface area (Å²) < 4.78 is 19.4. The fraction of sp³-hybridized carbons (Fsp3) is 0. The summed E-state index contributed by atoms with van der Waals surface area (Å²) >= 11 is 7.34. The summed E-state index contributed by atoms with van der Waals surface area (Å²) in [4.78, 5) is 42.8. The van der Waals surface area contributed by atoms with E-state index < -0.39 is 0 Å². The van der Waals surface area contributed by atoms with E-state index in [4.69, 9.17) is 39.9 Å². The van der Waals surface area contributed by atoms with Crippen LogP contribution < -0.4 is 0 Å². The van der Waals surface area contributed by atoms with Crippen molar-refractivity contribution < 1.29 is 0 Å². The molecule has 0 N–H and O–H groups in total. The molecule has 16 aromatic carbocycles. The van der Waals surface area contributed by atoms with Crippen molar-refractivity contribution in [2.75, 3.05) is 0 Å². The SMILES string of the molecule is c1ccc(-c2nc(-c3ccccc3)nc(-c3cc(-n4c5ccccc5c5cc6c(cc54)sc4ccccc46)cnc3-n3c4ccccc4c4cc5c(cc43)sc3ccccc35)n2)cc1.c1ccc(-c2nc(-c3ccccc3)nc(-c3cc(-n4c5ccccc5c5ccc6c7ccccc7sc6c54)cnc3-n3c4ccccc4c4ccc5c6ccccc6sc5c43)n2)cc1. The van der Waals surface area contributed by atoms with Crippen LogP contribution in [0.4, 0.5) is 0 Å². The predicted octanol–water partition coefficient (Wildman–Crippen LogP) is 30.4. The van der Waals surface area contributed by atoms with Gasteiger partial charge in [0.25, 0.3) is 0 Å². The van der Waals surface area contributed by atoms with Crippen molar-refractivity contribution in [3.63, 3.8) is 0 Å². The number of hydrogen-bond acceptors (Lipinski definition) is 12. The number of aromatic nitrogens is 12. The number of nitrogens with zero attached hydrogens (tertiary/aromatic N) is 12. The van der Waals surface area contributed by atoms with E-state index in [0.717, 1.165) is 111 Å². The maximum atomic E-state index is 5.61. The average molecular weight is 1710 g/mol. The summed E-state index contributed by atoms with van der Waals surface area (Å²) in [6, 6.07) is 133. The largest absolute Gasteiger partial charge is 0.308 e. The quantitative estimate of drug-likeness (QED) is 0.133. The smallest absolute Gasteiger partial charge is 0.167 e. The van der Waals surface area contributed by atoms with Gasteiger partial charge in [0.1, 0.15) is 11.6 Å². The van der Waals surface area contributed by atoms with Crippen LogP contribution in [0.5, 0.6) is 0 Å². The number of hydrogen-bond donors (Lipinski definition) is 0. The highest BCUT2D eigenvalue weighted by molar-refractivity contribution is 7.27. The Bertz CT molecular complexity index is 9380. The number of rotatable bonds is 10. The fourth-order valence-corrected chi connectivity index (χ4v) is 24.2. The Morgan fingerprint density at radius 2 is 0.469 bits per heavy atom. The highest BCUT2D eigenvalue weighted by Crippen LogP contribution is 2.50. The molecule has 596 valence electrons. The topological polar surface area (TPSA) is 123 Å². The first-order chi connectivity index (χ1) is 63.5. The van der Waals surface area contributed by atoms with Crippen molar-refractivity contribution >= 4 is 213 Å². The van der Waals surface area contributed by atoms with Crippen LogP contribution in [-0.2, 0) is 0 Å². The van der Waals surface area contributed by atoms with Crippen LogP contribution in [0.15, 0.2) is 389 Å². The molecule has 0 fully saturated rings. The average Bonchev–Trinajstić information content (AvgIpc) is 1.59. The maximum absolute atomic E-state index is 5.61. The lowest BCUT2D eigenvalue weighted by Gasteiger charge is -2.16. The van der Waals surface area contributed by atoms with Crippen molar-refractivity contribution in [3.05, 3.63) is 389 Å². The van der Waals surface area contributed by atoms with E-state index in [1.807, 2.05) is 131 Å². The zero-order valence-electron chi connectivity index (χ0n) is 67.9. The standard InChI is InChI=1S/2C56H32N6S2/c1-3-15-33(16-4-1)53-58-54(34-17-5-2-6-18-34)60-55(59-53)44-27-35(61-45-23-11-7-19-36(45)40-28-42-38-21-9-13-25-49(38)63-51(42)30-47(40)61)32-57-56(44)62-46-24-12-8-20-37(46)41-29-43-39-22-10-14-26-50(39)64-52(43)31-48(41)62;1-3-15-33(16-4-1)53-58-54(34-17-5-2-6-18-34)60-55(59-53)44-31-35(61-45-23-11-7-19-36(45)40-27-29-42-38-21-9-13-25-47(38)63-51(42)49(40)61)32-57-56(44)62-46-24-12-8-20-37(46)41-28-30-43-39-22-10-14-26-48(39)64-52(43)50(41)62/h2*1-32H. The molecule has 28 aromatic rings. The monoisotopic (exact) mass is 1700 g/mol. The van der Waals surface area contributed by atoms with Gasteiger partial charge in [0, 0.05) is 137 Å². The Morgan fingerprint density at radius 1 is 0.180 bits per heavy atom. The van der Waals surface area contributed by atoms with E-state index in [0.29, 0.717) is 34.9 Å². The lowest BCUT2D eigenvalue weighted by atomic mass is 10.1. The van der Waals surface area contributed by atoms with Gasteiger partial charge in [-0.1, -0.05) is 291 Å². The molecule has 0 unspecified atom stereocenters. The van der Waals surface area contributed by atoms with Gasteiger partial charge >= 0.3 is 0 Å². The van der Waals surface area contributed by atoms with Crippen LogP contribution in [0.2, 0.25) is 0 Å². The third-order valence-corrected chi connectivity index (χ3v) is 29.9. The first-order valence-corrected chi connectivity index (χ1v) is 45.9. The first kappa shape index (κ1) is 72.4. The summed E-state index contributed by atoms with van der Waals surface area (Å²) in [5, 5.41) is 19.5. The Hall–Kier alpha value is -16.1. The molecule has 0 saturated carbocycles. The third kappa shape index (κ3) is 11.3. The molecule has 0 aliphatic carbocycles. The normalized spacial score (nSPS) is 12.1. The highest BCUT2D eigenvalue weighted by atomic mass is 32.1. The third-order valence-electron chi connectivity index (χ3n) is 25.2. The van der Waals surface area contributed by atoms with Gasteiger partial charge in [0.2, 0.25) is 0 Å².